The normalized spacial score (nSPS) is 25.5. The number of rotatable bonds is 8. The summed E-state index contributed by atoms with van der Waals surface area (Å²) in [6.45, 7) is 8.34. The van der Waals surface area contributed by atoms with Crippen LogP contribution in [0.1, 0.15) is 77.8 Å². The van der Waals surface area contributed by atoms with Crippen LogP contribution < -0.4 is 15.6 Å². The number of aromatic nitrogens is 2. The van der Waals surface area contributed by atoms with Crippen molar-refractivity contribution in [1.82, 2.24) is 15.1 Å². The van der Waals surface area contributed by atoms with E-state index in [9.17, 15) is 19.5 Å². The Bertz CT molecular complexity index is 849. The molecule has 1 heterocycles. The standard InChI is InChI=1S/C22H33N3O5/c1-14(2)13-30-16-11-18(27)25(24-19(16)15(3)4)12-17(26)23-22-8-5-21(6-9-22,7-10-22)20(28)29/h11,14-15H,5-10,12-13H2,1-4H3,(H,23,26)(H,28,29). The summed E-state index contributed by atoms with van der Waals surface area (Å²) in [6, 6.07) is 1.42. The summed E-state index contributed by atoms with van der Waals surface area (Å²) < 4.78 is 6.96. The van der Waals surface area contributed by atoms with E-state index in [-0.39, 0.29) is 29.5 Å². The number of carbonyl (C=O) groups excluding carboxylic acids is 1. The number of aliphatic carboxylic acids is 1. The lowest BCUT2D eigenvalue weighted by molar-refractivity contribution is -0.157. The summed E-state index contributed by atoms with van der Waals surface area (Å²) >= 11 is 0. The SMILES string of the molecule is CC(C)COc1cc(=O)n(CC(=O)NC23CCC(C(=O)O)(CC2)CC3)nc1C(C)C. The first kappa shape index (κ1) is 22.3. The Labute approximate surface area is 177 Å². The Hall–Kier alpha value is -2.38. The minimum absolute atomic E-state index is 0.0431. The second-order valence-corrected chi connectivity index (χ2v) is 9.66. The van der Waals surface area contributed by atoms with Crippen molar-refractivity contribution in [3.63, 3.8) is 0 Å². The van der Waals surface area contributed by atoms with Crippen LogP contribution in [0.5, 0.6) is 5.75 Å². The first-order valence-electron chi connectivity index (χ1n) is 10.9. The summed E-state index contributed by atoms with van der Waals surface area (Å²) in [4.78, 5) is 36.9. The molecule has 8 nitrogen and oxygen atoms in total. The van der Waals surface area contributed by atoms with E-state index in [1.807, 2.05) is 27.7 Å². The van der Waals surface area contributed by atoms with Crippen molar-refractivity contribution >= 4 is 11.9 Å². The maximum atomic E-state index is 12.8. The third-order valence-corrected chi connectivity index (χ3v) is 6.51. The number of fused-ring (bicyclic) bond motifs is 3. The number of carbonyl (C=O) groups is 2. The fourth-order valence-electron chi connectivity index (χ4n) is 4.54. The van der Waals surface area contributed by atoms with E-state index < -0.39 is 11.4 Å². The highest BCUT2D eigenvalue weighted by molar-refractivity contribution is 5.78. The van der Waals surface area contributed by atoms with Crippen molar-refractivity contribution in [3.8, 4) is 5.75 Å². The molecule has 0 radical (unpaired) electrons. The molecular weight excluding hydrogens is 386 g/mol. The summed E-state index contributed by atoms with van der Waals surface area (Å²) in [6.07, 6.45) is 3.73. The minimum atomic E-state index is -0.723. The number of hydrogen-bond donors (Lipinski definition) is 2. The predicted octanol–water partition coefficient (Wildman–Crippen LogP) is 2.70. The molecule has 0 saturated heterocycles. The molecule has 0 aliphatic heterocycles. The molecule has 0 aromatic carbocycles. The van der Waals surface area contributed by atoms with E-state index in [1.165, 1.54) is 10.7 Å². The second-order valence-electron chi connectivity index (χ2n) is 9.66. The van der Waals surface area contributed by atoms with Gasteiger partial charge >= 0.3 is 5.97 Å². The van der Waals surface area contributed by atoms with Crippen LogP contribution in [0.3, 0.4) is 0 Å². The highest BCUT2D eigenvalue weighted by atomic mass is 16.5. The van der Waals surface area contributed by atoms with E-state index in [0.717, 1.165) is 0 Å². The van der Waals surface area contributed by atoms with Crippen LogP contribution in [0.15, 0.2) is 10.9 Å². The quantitative estimate of drug-likeness (QED) is 0.670. The first-order chi connectivity index (χ1) is 14.1. The van der Waals surface area contributed by atoms with E-state index in [1.54, 1.807) is 0 Å². The van der Waals surface area contributed by atoms with Crippen LogP contribution in [-0.2, 0) is 16.1 Å². The van der Waals surface area contributed by atoms with Gasteiger partial charge in [-0.05, 0) is 44.4 Å². The molecule has 0 unspecified atom stereocenters. The number of nitrogens with one attached hydrogen (secondary N) is 1. The van der Waals surface area contributed by atoms with Crippen LogP contribution in [0, 0.1) is 11.3 Å². The lowest BCUT2D eigenvalue weighted by Gasteiger charge is -2.51. The number of hydrogen-bond acceptors (Lipinski definition) is 5. The molecular formula is C22H33N3O5. The van der Waals surface area contributed by atoms with Crippen molar-refractivity contribution in [1.29, 1.82) is 0 Å². The van der Waals surface area contributed by atoms with Gasteiger partial charge in [-0.15, -0.1) is 0 Å². The van der Waals surface area contributed by atoms with Crippen LogP contribution in [-0.4, -0.2) is 38.9 Å². The zero-order valence-electron chi connectivity index (χ0n) is 18.4. The van der Waals surface area contributed by atoms with E-state index in [2.05, 4.69) is 10.4 Å². The molecule has 1 aromatic heterocycles. The molecule has 0 spiro atoms. The fraction of sp³-hybridized carbons (Fsp3) is 0.727. The van der Waals surface area contributed by atoms with Crippen molar-refractivity contribution in [2.24, 2.45) is 11.3 Å². The van der Waals surface area contributed by atoms with Crippen molar-refractivity contribution in [2.45, 2.75) is 84.2 Å². The smallest absolute Gasteiger partial charge is 0.309 e. The maximum Gasteiger partial charge on any atom is 0.309 e. The summed E-state index contributed by atoms with van der Waals surface area (Å²) in [5.41, 5.74) is -0.701. The van der Waals surface area contributed by atoms with Gasteiger partial charge in [0.1, 0.15) is 18.0 Å². The number of nitrogens with zero attached hydrogens (tertiary/aromatic N) is 2. The molecule has 2 N–H and O–H groups in total. The second kappa shape index (κ2) is 8.40. The summed E-state index contributed by atoms with van der Waals surface area (Å²) in [5, 5.41) is 17.0. The van der Waals surface area contributed by atoms with Crippen molar-refractivity contribution in [3.05, 3.63) is 22.1 Å². The van der Waals surface area contributed by atoms with Gasteiger partial charge in [0.2, 0.25) is 5.91 Å². The first-order valence-corrected chi connectivity index (χ1v) is 10.9. The summed E-state index contributed by atoms with van der Waals surface area (Å²) in [5.74, 6) is -0.146. The fourth-order valence-corrected chi connectivity index (χ4v) is 4.54. The number of ether oxygens (including phenoxy) is 1. The predicted molar refractivity (Wildman–Crippen MR) is 112 cm³/mol. The molecule has 2 bridgehead atoms. The van der Waals surface area contributed by atoms with Crippen molar-refractivity contribution < 1.29 is 19.4 Å². The average Bonchev–Trinajstić information content (AvgIpc) is 2.68. The van der Waals surface area contributed by atoms with Crippen LogP contribution in [0.25, 0.3) is 0 Å². The van der Waals surface area contributed by atoms with Gasteiger partial charge in [0.15, 0.2) is 0 Å². The van der Waals surface area contributed by atoms with Crippen molar-refractivity contribution in [2.75, 3.05) is 6.61 Å². The largest absolute Gasteiger partial charge is 0.491 e. The van der Waals surface area contributed by atoms with Gasteiger partial charge in [-0.3, -0.25) is 14.4 Å². The molecule has 30 heavy (non-hydrogen) atoms. The number of amides is 1. The lowest BCUT2D eigenvalue weighted by Crippen LogP contribution is -2.58. The monoisotopic (exact) mass is 419 g/mol. The average molecular weight is 420 g/mol. The van der Waals surface area contributed by atoms with Crippen LogP contribution in [0.2, 0.25) is 0 Å². The van der Waals surface area contributed by atoms with Gasteiger partial charge in [0.05, 0.1) is 12.0 Å². The zero-order chi connectivity index (χ0) is 22.1. The van der Waals surface area contributed by atoms with Gasteiger partial charge < -0.3 is 15.2 Å². The minimum Gasteiger partial charge on any atom is -0.491 e. The Morgan fingerprint density at radius 2 is 1.77 bits per heavy atom. The molecule has 166 valence electrons. The highest BCUT2D eigenvalue weighted by Gasteiger charge is 2.53. The maximum absolute atomic E-state index is 12.8. The molecule has 3 fully saturated rings. The van der Waals surface area contributed by atoms with Crippen LogP contribution in [0.4, 0.5) is 0 Å². The Morgan fingerprint density at radius 3 is 2.27 bits per heavy atom. The van der Waals surface area contributed by atoms with Gasteiger partial charge in [-0.1, -0.05) is 27.7 Å². The molecule has 8 heteroatoms. The number of carboxylic acids is 1. The van der Waals surface area contributed by atoms with Gasteiger partial charge in [0.25, 0.3) is 5.56 Å². The van der Waals surface area contributed by atoms with Gasteiger partial charge in [-0.2, -0.15) is 5.10 Å². The van der Waals surface area contributed by atoms with Gasteiger partial charge in [-0.25, -0.2) is 4.68 Å². The Kier molecular flexibility index (Phi) is 6.24. The van der Waals surface area contributed by atoms with E-state index >= 15 is 0 Å². The van der Waals surface area contributed by atoms with Gasteiger partial charge in [0, 0.05) is 17.5 Å². The molecule has 4 rings (SSSR count). The Morgan fingerprint density at radius 1 is 1.17 bits per heavy atom. The molecule has 1 amide bonds. The molecule has 0 atom stereocenters. The summed E-state index contributed by atoms with van der Waals surface area (Å²) in [7, 11) is 0. The lowest BCUT2D eigenvalue weighted by atomic mass is 9.57. The highest BCUT2D eigenvalue weighted by Crippen LogP contribution is 2.52. The zero-order valence-corrected chi connectivity index (χ0v) is 18.4. The molecule has 3 aliphatic rings. The van der Waals surface area contributed by atoms with E-state index in [4.69, 9.17) is 4.74 Å². The molecule has 3 saturated carbocycles. The third-order valence-electron chi connectivity index (χ3n) is 6.51. The Balaban J connectivity index is 1.70. The molecule has 1 aromatic rings. The topological polar surface area (TPSA) is 111 Å². The third kappa shape index (κ3) is 4.52. The number of carboxylic acid groups (broad SMARTS) is 1. The van der Waals surface area contributed by atoms with Crippen LogP contribution >= 0.6 is 0 Å². The van der Waals surface area contributed by atoms with E-state index in [0.29, 0.717) is 62.5 Å². The molecule has 3 aliphatic carbocycles.